The Bertz CT molecular complexity index is 1440. The fourth-order valence-electron chi connectivity index (χ4n) is 5.37. The van der Waals surface area contributed by atoms with E-state index in [-0.39, 0.29) is 18.4 Å². The average Bonchev–Trinajstić information content (AvgIpc) is 2.95. The van der Waals surface area contributed by atoms with E-state index in [1.54, 1.807) is 16.0 Å². The number of aryl methyl sites for hydroxylation is 2. The number of hydrogen-bond donors (Lipinski definition) is 0. The number of carbonyl (C=O) groups is 2. The number of aromatic nitrogens is 1. The highest BCUT2D eigenvalue weighted by atomic mass is 35.5. The molecule has 2 aromatic carbocycles. The molecule has 0 unspecified atom stereocenters. The van der Waals surface area contributed by atoms with E-state index < -0.39 is 0 Å². The summed E-state index contributed by atoms with van der Waals surface area (Å²) in [5, 5.41) is 0.669. The molecule has 0 bridgehead atoms. The van der Waals surface area contributed by atoms with E-state index in [0.29, 0.717) is 29.2 Å². The van der Waals surface area contributed by atoms with Gasteiger partial charge in [-0.05, 0) is 60.9 Å². The Hall–Kier alpha value is -3.86. The van der Waals surface area contributed by atoms with E-state index in [1.165, 1.54) is 0 Å². The van der Waals surface area contributed by atoms with E-state index in [9.17, 15) is 9.59 Å². The maximum absolute atomic E-state index is 13.6. The van der Waals surface area contributed by atoms with Crippen molar-refractivity contribution in [3.05, 3.63) is 87.6 Å². The monoisotopic (exact) mass is 541 g/mol. The van der Waals surface area contributed by atoms with E-state index in [1.807, 2.05) is 49.4 Å². The van der Waals surface area contributed by atoms with Crippen molar-refractivity contribution < 1.29 is 9.59 Å². The zero-order chi connectivity index (χ0) is 27.5. The Morgan fingerprint density at radius 1 is 1.00 bits per heavy atom. The summed E-state index contributed by atoms with van der Waals surface area (Å²) in [5.74, 6) is 3.24. The molecule has 2 fully saturated rings. The summed E-state index contributed by atoms with van der Waals surface area (Å²) in [6.45, 7) is 9.11. The number of pyridine rings is 1. The summed E-state index contributed by atoms with van der Waals surface area (Å²) in [4.78, 5) is 39.1. The minimum Gasteiger partial charge on any atom is -0.353 e. The van der Waals surface area contributed by atoms with E-state index >= 15 is 0 Å². The van der Waals surface area contributed by atoms with E-state index in [2.05, 4.69) is 33.7 Å². The number of terminal acetylenes is 1. The zero-order valence-corrected chi connectivity index (χ0v) is 23.1. The molecule has 3 heterocycles. The van der Waals surface area contributed by atoms with Crippen LogP contribution in [0.1, 0.15) is 32.6 Å². The first-order chi connectivity index (χ1) is 18.9. The van der Waals surface area contributed by atoms with Crippen molar-refractivity contribution in [1.82, 2.24) is 14.8 Å². The second-order valence-corrected chi connectivity index (χ2v) is 10.5. The quantitative estimate of drug-likeness (QED) is 0.454. The molecule has 2 saturated heterocycles. The van der Waals surface area contributed by atoms with Crippen LogP contribution in [0.15, 0.2) is 54.7 Å². The molecule has 2 aliphatic rings. The van der Waals surface area contributed by atoms with Gasteiger partial charge in [0.15, 0.2) is 0 Å². The largest absolute Gasteiger partial charge is 0.353 e. The summed E-state index contributed by atoms with van der Waals surface area (Å²) >= 11 is 6.35. The van der Waals surface area contributed by atoms with Crippen LogP contribution in [0.3, 0.4) is 0 Å². The molecule has 0 aliphatic carbocycles. The lowest BCUT2D eigenvalue weighted by Gasteiger charge is -2.36. The van der Waals surface area contributed by atoms with Crippen molar-refractivity contribution in [2.75, 3.05) is 55.6 Å². The molecule has 0 spiro atoms. The molecule has 1 aromatic heterocycles. The van der Waals surface area contributed by atoms with E-state index in [4.69, 9.17) is 18.0 Å². The first-order valence-electron chi connectivity index (χ1n) is 13.2. The van der Waals surface area contributed by atoms with Crippen LogP contribution in [-0.2, 0) is 11.3 Å². The Balaban J connectivity index is 1.26. The number of para-hydroxylation sites is 1. The van der Waals surface area contributed by atoms with Crippen molar-refractivity contribution in [2.24, 2.45) is 0 Å². The number of benzene rings is 2. The average molecular weight is 542 g/mol. The van der Waals surface area contributed by atoms with Gasteiger partial charge in [0.1, 0.15) is 12.4 Å². The molecule has 5 rings (SSSR count). The number of nitrogens with zero attached hydrogens (tertiary/aromatic N) is 5. The van der Waals surface area contributed by atoms with Gasteiger partial charge in [-0.1, -0.05) is 35.7 Å². The maximum Gasteiger partial charge on any atom is 0.254 e. The molecule has 2 amide bonds. The van der Waals surface area contributed by atoms with Crippen LogP contribution < -0.4 is 9.80 Å². The molecular formula is C31H32ClN5O2. The van der Waals surface area contributed by atoms with Crippen molar-refractivity contribution in [2.45, 2.75) is 20.4 Å². The highest BCUT2D eigenvalue weighted by Crippen LogP contribution is 2.26. The third-order valence-electron chi connectivity index (χ3n) is 7.58. The zero-order valence-electron chi connectivity index (χ0n) is 22.4. The number of rotatable bonds is 5. The van der Waals surface area contributed by atoms with Crippen LogP contribution in [0.2, 0.25) is 5.02 Å². The predicted octanol–water partition coefficient (Wildman–Crippen LogP) is 4.14. The number of halogens is 1. The second-order valence-electron chi connectivity index (χ2n) is 10.1. The smallest absolute Gasteiger partial charge is 0.254 e. The lowest BCUT2D eigenvalue weighted by molar-refractivity contribution is -0.120. The van der Waals surface area contributed by atoms with Gasteiger partial charge in [-0.15, -0.1) is 6.42 Å². The fraction of sp³-hybridized carbons (Fsp3) is 0.323. The Kier molecular flexibility index (Phi) is 7.87. The molecule has 8 heteroatoms. The van der Waals surface area contributed by atoms with Crippen LogP contribution in [0, 0.1) is 26.2 Å². The third-order valence-corrected chi connectivity index (χ3v) is 7.87. The van der Waals surface area contributed by atoms with Gasteiger partial charge < -0.3 is 14.7 Å². The number of anilines is 2. The SMILES string of the molecule is C#Cc1ccccc1N1CCN(C(=O)c2cc(CN3CCN(c4ncccc4Cl)CC3)c(C)cc2C)CC1=O. The molecule has 3 aromatic rings. The molecular weight excluding hydrogens is 510 g/mol. The van der Waals surface area contributed by atoms with Crippen LogP contribution in [0.25, 0.3) is 0 Å². The summed E-state index contributed by atoms with van der Waals surface area (Å²) < 4.78 is 0. The summed E-state index contributed by atoms with van der Waals surface area (Å²) in [5.41, 5.74) is 5.25. The van der Waals surface area contributed by atoms with Gasteiger partial charge in [0.25, 0.3) is 5.91 Å². The fourth-order valence-corrected chi connectivity index (χ4v) is 5.61. The molecule has 2 aliphatic heterocycles. The third kappa shape index (κ3) is 5.63. The van der Waals surface area contributed by atoms with Crippen LogP contribution >= 0.6 is 11.6 Å². The Labute approximate surface area is 235 Å². The first kappa shape index (κ1) is 26.7. The van der Waals surface area contributed by atoms with Crippen LogP contribution in [0.5, 0.6) is 0 Å². The Morgan fingerprint density at radius 3 is 2.49 bits per heavy atom. The normalized spacial score (nSPS) is 16.4. The number of piperazine rings is 2. The highest BCUT2D eigenvalue weighted by Gasteiger charge is 2.30. The van der Waals surface area contributed by atoms with Crippen LogP contribution in [-0.4, -0.2) is 72.4 Å². The number of hydrogen-bond acceptors (Lipinski definition) is 5. The summed E-state index contributed by atoms with van der Waals surface area (Å²) in [6, 6.07) is 15.2. The van der Waals surface area contributed by atoms with Crippen molar-refractivity contribution in [3.8, 4) is 12.3 Å². The van der Waals surface area contributed by atoms with Crippen molar-refractivity contribution in [3.63, 3.8) is 0 Å². The molecule has 39 heavy (non-hydrogen) atoms. The van der Waals surface area contributed by atoms with Crippen molar-refractivity contribution in [1.29, 1.82) is 0 Å². The highest BCUT2D eigenvalue weighted by molar-refractivity contribution is 6.32. The number of amides is 2. The molecule has 0 N–H and O–H groups in total. The van der Waals surface area contributed by atoms with Gasteiger partial charge in [0, 0.05) is 63.1 Å². The second kappa shape index (κ2) is 11.5. The predicted molar refractivity (Wildman–Crippen MR) is 155 cm³/mol. The lowest BCUT2D eigenvalue weighted by atomic mass is 9.98. The standard InChI is InChI=1S/C31H32ClN5O2/c1-4-24-8-5-6-10-28(24)37-17-16-36(21-29(37)38)31(39)26-19-25(22(2)18-23(26)3)20-34-12-14-35(15-13-34)30-27(32)9-7-11-33-30/h1,5-11,18-19H,12-17,20-21H2,2-3H3. The van der Waals surface area contributed by atoms with Gasteiger partial charge in [-0.2, -0.15) is 0 Å². The topological polar surface area (TPSA) is 60.0 Å². The maximum atomic E-state index is 13.6. The lowest BCUT2D eigenvalue weighted by Crippen LogP contribution is -2.52. The van der Waals surface area contributed by atoms with E-state index in [0.717, 1.165) is 60.9 Å². The minimum atomic E-state index is -0.131. The molecule has 200 valence electrons. The van der Waals surface area contributed by atoms with Gasteiger partial charge in [-0.3, -0.25) is 14.5 Å². The molecule has 0 radical (unpaired) electrons. The van der Waals surface area contributed by atoms with Gasteiger partial charge in [0.2, 0.25) is 5.91 Å². The number of carbonyl (C=O) groups excluding carboxylic acids is 2. The summed E-state index contributed by atoms with van der Waals surface area (Å²) in [6.07, 6.45) is 7.41. The van der Waals surface area contributed by atoms with Crippen LogP contribution in [0.4, 0.5) is 11.5 Å². The summed E-state index contributed by atoms with van der Waals surface area (Å²) in [7, 11) is 0. The molecule has 0 atom stereocenters. The van der Waals surface area contributed by atoms with Gasteiger partial charge >= 0.3 is 0 Å². The Morgan fingerprint density at radius 2 is 1.77 bits per heavy atom. The minimum absolute atomic E-state index is 0.0262. The molecule has 0 saturated carbocycles. The van der Waals surface area contributed by atoms with Crippen molar-refractivity contribution >= 4 is 34.9 Å². The first-order valence-corrected chi connectivity index (χ1v) is 13.6. The molecule has 7 nitrogen and oxygen atoms in total. The van der Waals surface area contributed by atoms with Gasteiger partial charge in [-0.25, -0.2) is 4.98 Å². The van der Waals surface area contributed by atoms with Gasteiger partial charge in [0.05, 0.1) is 10.7 Å².